The minimum Gasteiger partial charge on any atom is -0.497 e. The van der Waals surface area contributed by atoms with Crippen LogP contribution in [0.3, 0.4) is 0 Å². The van der Waals surface area contributed by atoms with Crippen molar-refractivity contribution in [2.75, 3.05) is 26.6 Å². The smallest absolute Gasteiger partial charge is 0.238 e. The number of Topliss-reactive ketones (excluding diaryl/α,β-unsaturated/α-hetero) is 2. The van der Waals surface area contributed by atoms with Crippen LogP contribution < -0.4 is 19.5 Å². The molecule has 1 saturated heterocycles. The Balaban J connectivity index is 1.55. The molecule has 0 bridgehead atoms. The Hall–Kier alpha value is -5.37. The molecule has 1 amide bonds. The van der Waals surface area contributed by atoms with Crippen molar-refractivity contribution in [1.82, 2.24) is 4.90 Å². The number of carbonyl (C=O) groups is 3. The summed E-state index contributed by atoms with van der Waals surface area (Å²) in [7, 11) is 4.54. The second kappa shape index (κ2) is 10.4. The Kier molecular flexibility index (Phi) is 6.50. The molecule has 0 radical (unpaired) electrons. The third-order valence-corrected chi connectivity index (χ3v) is 9.15. The maximum Gasteiger partial charge on any atom is 0.238 e. The number of amides is 1. The molecule has 0 aliphatic carbocycles. The normalized spacial score (nSPS) is 22.6. The SMILES string of the molecule is COc1cccc(C(=O)C2C(C(=O)c3cc(OC)ccc3OC)C3(C(=O)Nc4ccccc43)C3c4ccccc4C=CN23)c1. The lowest BCUT2D eigenvalue weighted by atomic mass is 9.62. The summed E-state index contributed by atoms with van der Waals surface area (Å²) in [5, 5.41) is 3.07. The van der Waals surface area contributed by atoms with Gasteiger partial charge < -0.3 is 24.4 Å². The summed E-state index contributed by atoms with van der Waals surface area (Å²) in [5.41, 5.74) is 2.22. The summed E-state index contributed by atoms with van der Waals surface area (Å²) >= 11 is 0. The number of ketones is 2. The van der Waals surface area contributed by atoms with E-state index in [1.54, 1.807) is 42.5 Å². The van der Waals surface area contributed by atoms with Crippen molar-refractivity contribution in [3.05, 3.63) is 125 Å². The van der Waals surface area contributed by atoms with Gasteiger partial charge in [-0.2, -0.15) is 0 Å². The van der Waals surface area contributed by atoms with Crippen LogP contribution in [0.25, 0.3) is 6.08 Å². The number of anilines is 1. The van der Waals surface area contributed by atoms with Crippen LogP contribution in [0.4, 0.5) is 5.69 Å². The number of benzene rings is 4. The number of rotatable bonds is 7. The minimum absolute atomic E-state index is 0.231. The standard InChI is InChI=1S/C36H30N2O6/c1-42-23-11-8-10-22(19-23)32(39)31-30(33(40)26-20-24(43-2)15-16-29(26)44-3)36(27-13-6-7-14-28(27)37-35(36)41)34-25-12-5-4-9-21(25)17-18-38(31)34/h4-20,30-31,34H,1-3H3,(H,37,41). The Morgan fingerprint density at radius 1 is 0.795 bits per heavy atom. The van der Waals surface area contributed by atoms with Gasteiger partial charge >= 0.3 is 0 Å². The van der Waals surface area contributed by atoms with Crippen molar-refractivity contribution in [3.63, 3.8) is 0 Å². The molecule has 8 heteroatoms. The Labute approximate surface area is 254 Å². The van der Waals surface area contributed by atoms with Crippen molar-refractivity contribution in [3.8, 4) is 17.2 Å². The third-order valence-electron chi connectivity index (χ3n) is 9.15. The van der Waals surface area contributed by atoms with Crippen molar-refractivity contribution >= 4 is 29.2 Å². The largest absolute Gasteiger partial charge is 0.497 e. The van der Waals surface area contributed by atoms with Crippen LogP contribution in [0, 0.1) is 5.92 Å². The fourth-order valence-corrected chi connectivity index (χ4v) is 7.29. The summed E-state index contributed by atoms with van der Waals surface area (Å²) in [6.07, 6.45) is 3.78. The second-order valence-corrected chi connectivity index (χ2v) is 11.1. The van der Waals surface area contributed by atoms with Crippen molar-refractivity contribution in [2.24, 2.45) is 5.92 Å². The summed E-state index contributed by atoms with van der Waals surface area (Å²) in [5.74, 6) is -0.879. The van der Waals surface area contributed by atoms with Gasteiger partial charge in [0.15, 0.2) is 11.6 Å². The van der Waals surface area contributed by atoms with Crippen molar-refractivity contribution in [1.29, 1.82) is 0 Å². The molecule has 1 N–H and O–H groups in total. The van der Waals surface area contributed by atoms with E-state index in [0.717, 1.165) is 11.1 Å². The van der Waals surface area contributed by atoms with Gasteiger partial charge in [0.1, 0.15) is 28.7 Å². The van der Waals surface area contributed by atoms with Gasteiger partial charge in [0.2, 0.25) is 5.91 Å². The van der Waals surface area contributed by atoms with Gasteiger partial charge in [0.05, 0.1) is 38.9 Å². The Bertz CT molecular complexity index is 1870. The van der Waals surface area contributed by atoms with Crippen molar-refractivity contribution < 1.29 is 28.6 Å². The van der Waals surface area contributed by atoms with Crippen LogP contribution in [-0.2, 0) is 10.2 Å². The van der Waals surface area contributed by atoms with E-state index in [-0.39, 0.29) is 17.3 Å². The van der Waals surface area contributed by atoms with Crippen LogP contribution in [-0.4, -0.2) is 49.7 Å². The van der Waals surface area contributed by atoms with Gasteiger partial charge in [0.25, 0.3) is 0 Å². The number of ether oxygens (including phenoxy) is 3. The van der Waals surface area contributed by atoms with E-state index in [4.69, 9.17) is 14.2 Å². The van der Waals surface area contributed by atoms with Gasteiger partial charge in [-0.05, 0) is 59.2 Å². The molecule has 3 heterocycles. The first-order valence-corrected chi connectivity index (χ1v) is 14.3. The second-order valence-electron chi connectivity index (χ2n) is 11.1. The number of methoxy groups -OCH3 is 3. The maximum atomic E-state index is 15.2. The fraction of sp³-hybridized carbons (Fsp3) is 0.194. The van der Waals surface area contributed by atoms with E-state index >= 15 is 4.79 Å². The first-order valence-electron chi connectivity index (χ1n) is 14.3. The molecular weight excluding hydrogens is 556 g/mol. The van der Waals surface area contributed by atoms with E-state index in [9.17, 15) is 9.59 Å². The zero-order valence-electron chi connectivity index (χ0n) is 24.4. The zero-order chi connectivity index (χ0) is 30.6. The molecule has 3 aliphatic rings. The summed E-state index contributed by atoms with van der Waals surface area (Å²) in [4.78, 5) is 46.5. The topological polar surface area (TPSA) is 94.2 Å². The monoisotopic (exact) mass is 586 g/mol. The molecule has 7 rings (SSSR count). The van der Waals surface area contributed by atoms with Crippen LogP contribution in [0.1, 0.15) is 43.4 Å². The number of nitrogens with one attached hydrogen (secondary N) is 1. The van der Waals surface area contributed by atoms with Crippen molar-refractivity contribution in [2.45, 2.75) is 17.5 Å². The molecule has 8 nitrogen and oxygen atoms in total. The number of fused-ring (bicyclic) bond motifs is 6. The predicted molar refractivity (Wildman–Crippen MR) is 165 cm³/mol. The van der Waals surface area contributed by atoms with Gasteiger partial charge in [-0.3, -0.25) is 14.4 Å². The molecule has 4 unspecified atom stereocenters. The number of para-hydroxylation sites is 1. The average molecular weight is 587 g/mol. The molecule has 220 valence electrons. The molecule has 4 aromatic carbocycles. The van der Waals surface area contributed by atoms with E-state index in [1.165, 1.54) is 21.3 Å². The molecular formula is C36H30N2O6. The molecule has 44 heavy (non-hydrogen) atoms. The van der Waals surface area contributed by atoms with Gasteiger partial charge in [-0.25, -0.2) is 0 Å². The first kappa shape index (κ1) is 27.5. The lowest BCUT2D eigenvalue weighted by Gasteiger charge is -2.38. The van der Waals surface area contributed by atoms with Gasteiger partial charge in [-0.15, -0.1) is 0 Å². The number of nitrogens with zero attached hydrogens (tertiary/aromatic N) is 1. The Morgan fingerprint density at radius 2 is 1.55 bits per heavy atom. The number of hydrogen-bond donors (Lipinski definition) is 1. The van der Waals surface area contributed by atoms with E-state index < -0.39 is 29.2 Å². The zero-order valence-corrected chi connectivity index (χ0v) is 24.4. The van der Waals surface area contributed by atoms with Crippen LogP contribution >= 0.6 is 0 Å². The quantitative estimate of drug-likeness (QED) is 0.278. The highest BCUT2D eigenvalue weighted by Crippen LogP contribution is 2.62. The molecule has 4 aromatic rings. The molecule has 0 saturated carbocycles. The summed E-state index contributed by atoms with van der Waals surface area (Å²) in [6.45, 7) is 0. The molecule has 1 fully saturated rings. The summed E-state index contributed by atoms with van der Waals surface area (Å²) in [6, 6.07) is 25.4. The number of hydrogen-bond acceptors (Lipinski definition) is 7. The van der Waals surface area contributed by atoms with E-state index in [2.05, 4.69) is 5.32 Å². The van der Waals surface area contributed by atoms with Crippen LogP contribution in [0.2, 0.25) is 0 Å². The highest BCUT2D eigenvalue weighted by atomic mass is 16.5. The number of carbonyl (C=O) groups excluding carboxylic acids is 3. The fourth-order valence-electron chi connectivity index (χ4n) is 7.29. The third kappa shape index (κ3) is 3.80. The van der Waals surface area contributed by atoms with E-state index in [1.807, 2.05) is 65.7 Å². The molecule has 4 atom stereocenters. The molecule has 3 aliphatic heterocycles. The lowest BCUT2D eigenvalue weighted by molar-refractivity contribution is -0.122. The summed E-state index contributed by atoms with van der Waals surface area (Å²) < 4.78 is 16.6. The highest BCUT2D eigenvalue weighted by molar-refractivity contribution is 6.17. The van der Waals surface area contributed by atoms with Gasteiger partial charge in [0, 0.05) is 17.5 Å². The average Bonchev–Trinajstić information content (AvgIpc) is 3.55. The molecule has 1 spiro atoms. The van der Waals surface area contributed by atoms with E-state index in [0.29, 0.717) is 34.1 Å². The molecule has 0 aromatic heterocycles. The predicted octanol–water partition coefficient (Wildman–Crippen LogP) is 5.69. The lowest BCUT2D eigenvalue weighted by Crippen LogP contribution is -2.49. The van der Waals surface area contributed by atoms with Crippen LogP contribution in [0.5, 0.6) is 17.2 Å². The first-order chi connectivity index (χ1) is 21.4. The highest BCUT2D eigenvalue weighted by Gasteiger charge is 2.71. The minimum atomic E-state index is -1.46. The van der Waals surface area contributed by atoms with Gasteiger partial charge in [-0.1, -0.05) is 54.6 Å². The maximum absolute atomic E-state index is 15.2. The van der Waals surface area contributed by atoms with Crippen LogP contribution in [0.15, 0.2) is 97.2 Å². The Morgan fingerprint density at radius 3 is 2.34 bits per heavy atom.